The largest absolute Gasteiger partial charge is 0.241 e. The third kappa shape index (κ3) is 2.19. The van der Waals surface area contributed by atoms with Gasteiger partial charge in [-0.2, -0.15) is 0 Å². The highest BCUT2D eigenvalue weighted by atomic mass is 35.5. The normalized spacial score (nSPS) is 14.6. The molecule has 1 aromatic carbocycles. The lowest BCUT2D eigenvalue weighted by molar-refractivity contribution is 0.686. The number of hydrogen-bond donors (Lipinski definition) is 0. The van der Waals surface area contributed by atoms with Crippen LogP contribution in [0.2, 0.25) is 0 Å². The molecule has 1 heterocycles. The Hall–Kier alpha value is -0.860. The average molecular weight is 278 g/mol. The second-order valence-electron chi connectivity index (χ2n) is 4.83. The fourth-order valence-electron chi connectivity index (χ4n) is 2.67. The summed E-state index contributed by atoms with van der Waals surface area (Å²) in [5, 5.41) is 1.10. The molecule has 0 atom stereocenters. The minimum absolute atomic E-state index is 0.553. The predicted octanol–water partition coefficient (Wildman–Crippen LogP) is 4.74. The van der Waals surface area contributed by atoms with E-state index in [0.29, 0.717) is 5.88 Å². The van der Waals surface area contributed by atoms with E-state index in [1.807, 2.05) is 6.92 Å². The number of aromatic nitrogens is 1. The second kappa shape index (κ2) is 5.02. The van der Waals surface area contributed by atoms with Crippen molar-refractivity contribution in [2.45, 2.75) is 38.5 Å². The first-order valence-electron chi connectivity index (χ1n) is 6.42. The Morgan fingerprint density at radius 2 is 2.00 bits per heavy atom. The minimum atomic E-state index is 0.553. The van der Waals surface area contributed by atoms with Crippen molar-refractivity contribution in [1.82, 2.24) is 4.98 Å². The summed E-state index contributed by atoms with van der Waals surface area (Å²) in [6.07, 6.45) is 5.08. The predicted molar refractivity (Wildman–Crippen MR) is 78.5 cm³/mol. The van der Waals surface area contributed by atoms with E-state index in [4.69, 9.17) is 11.6 Å². The molecular formula is C15H16ClNS. The molecule has 3 heteroatoms. The van der Waals surface area contributed by atoms with Gasteiger partial charge >= 0.3 is 0 Å². The quantitative estimate of drug-likeness (QED) is 0.723. The van der Waals surface area contributed by atoms with Gasteiger partial charge in [-0.05, 0) is 49.8 Å². The molecule has 0 N–H and O–H groups in total. The summed E-state index contributed by atoms with van der Waals surface area (Å²) in [5.41, 5.74) is 5.34. The molecule has 0 spiro atoms. The minimum Gasteiger partial charge on any atom is -0.241 e. The van der Waals surface area contributed by atoms with E-state index in [2.05, 4.69) is 23.2 Å². The lowest BCUT2D eigenvalue weighted by Crippen LogP contribution is -2.02. The van der Waals surface area contributed by atoms with Crippen molar-refractivity contribution in [1.29, 1.82) is 0 Å². The third-order valence-corrected chi connectivity index (χ3v) is 4.94. The summed E-state index contributed by atoms with van der Waals surface area (Å²) in [6.45, 7) is 2.04. The van der Waals surface area contributed by atoms with Crippen molar-refractivity contribution >= 4 is 22.9 Å². The number of fused-ring (bicyclic) bond motifs is 1. The molecule has 0 aliphatic heterocycles. The highest BCUT2D eigenvalue weighted by Crippen LogP contribution is 2.32. The molecule has 0 unspecified atom stereocenters. The molecular weight excluding hydrogens is 262 g/mol. The van der Waals surface area contributed by atoms with Gasteiger partial charge in [-0.3, -0.25) is 0 Å². The molecule has 18 heavy (non-hydrogen) atoms. The zero-order chi connectivity index (χ0) is 12.5. The Morgan fingerprint density at radius 1 is 1.22 bits per heavy atom. The summed E-state index contributed by atoms with van der Waals surface area (Å²) in [7, 11) is 0. The zero-order valence-corrected chi connectivity index (χ0v) is 12.1. The Balaban J connectivity index is 2.06. The van der Waals surface area contributed by atoms with E-state index in [-0.39, 0.29) is 0 Å². The van der Waals surface area contributed by atoms with Gasteiger partial charge in [0.05, 0.1) is 16.6 Å². The molecule has 0 saturated heterocycles. The van der Waals surface area contributed by atoms with Gasteiger partial charge in [-0.15, -0.1) is 22.9 Å². The molecule has 0 amide bonds. The van der Waals surface area contributed by atoms with Crippen LogP contribution in [0.5, 0.6) is 0 Å². The van der Waals surface area contributed by atoms with Gasteiger partial charge in [-0.1, -0.05) is 12.1 Å². The summed E-state index contributed by atoms with van der Waals surface area (Å²) in [5.74, 6) is 0.553. The molecule has 0 radical (unpaired) electrons. The van der Waals surface area contributed by atoms with Crippen LogP contribution in [-0.2, 0) is 18.7 Å². The van der Waals surface area contributed by atoms with Crippen molar-refractivity contribution in [3.63, 3.8) is 0 Å². The number of nitrogens with zero attached hydrogens (tertiary/aromatic N) is 1. The highest BCUT2D eigenvalue weighted by Gasteiger charge is 2.14. The first-order chi connectivity index (χ1) is 8.78. The van der Waals surface area contributed by atoms with Crippen LogP contribution in [-0.4, -0.2) is 4.98 Å². The van der Waals surface area contributed by atoms with Gasteiger partial charge in [0.2, 0.25) is 0 Å². The van der Waals surface area contributed by atoms with E-state index in [9.17, 15) is 0 Å². The lowest BCUT2D eigenvalue weighted by Gasteiger charge is -2.16. The molecule has 0 fully saturated rings. The number of aryl methyl sites for hydroxylation is 3. The zero-order valence-electron chi connectivity index (χ0n) is 10.5. The molecule has 3 rings (SSSR count). The highest BCUT2D eigenvalue weighted by molar-refractivity contribution is 7.12. The molecule has 1 aliphatic carbocycles. The Kier molecular flexibility index (Phi) is 3.40. The Bertz CT molecular complexity index is 574. The van der Waals surface area contributed by atoms with Crippen molar-refractivity contribution in [3.8, 4) is 11.3 Å². The smallest absolute Gasteiger partial charge is 0.0904 e. The SMILES string of the molecule is Cc1nc(-c2ccc3c(c2)CCCC3)c(CCl)s1. The van der Waals surface area contributed by atoms with Gasteiger partial charge in [0.25, 0.3) is 0 Å². The van der Waals surface area contributed by atoms with E-state index in [0.717, 1.165) is 10.7 Å². The summed E-state index contributed by atoms with van der Waals surface area (Å²) in [6, 6.07) is 6.80. The molecule has 0 bridgehead atoms. The van der Waals surface area contributed by atoms with Crippen LogP contribution in [0.25, 0.3) is 11.3 Å². The van der Waals surface area contributed by atoms with E-state index >= 15 is 0 Å². The average Bonchev–Trinajstić information content (AvgIpc) is 2.79. The fraction of sp³-hybridized carbons (Fsp3) is 0.400. The van der Waals surface area contributed by atoms with Gasteiger partial charge in [0, 0.05) is 10.4 Å². The van der Waals surface area contributed by atoms with Crippen LogP contribution in [0.15, 0.2) is 18.2 Å². The molecule has 1 aromatic heterocycles. The van der Waals surface area contributed by atoms with Crippen LogP contribution in [0, 0.1) is 6.92 Å². The molecule has 1 nitrogen and oxygen atoms in total. The Labute approximate surface area is 117 Å². The number of rotatable bonds is 2. The van der Waals surface area contributed by atoms with Crippen molar-refractivity contribution < 1.29 is 0 Å². The van der Waals surface area contributed by atoms with Gasteiger partial charge in [0.15, 0.2) is 0 Å². The maximum atomic E-state index is 6.01. The van der Waals surface area contributed by atoms with E-state index < -0.39 is 0 Å². The van der Waals surface area contributed by atoms with Crippen LogP contribution >= 0.6 is 22.9 Å². The maximum absolute atomic E-state index is 6.01. The standard InChI is InChI=1S/C15H16ClNS/c1-10-17-15(14(9-16)18-10)13-7-6-11-4-2-3-5-12(11)8-13/h6-8H,2-5,9H2,1H3. The first-order valence-corrected chi connectivity index (χ1v) is 7.77. The number of alkyl halides is 1. The van der Waals surface area contributed by atoms with E-state index in [1.54, 1.807) is 11.3 Å². The third-order valence-electron chi connectivity index (χ3n) is 3.55. The van der Waals surface area contributed by atoms with Crippen LogP contribution in [0.3, 0.4) is 0 Å². The Morgan fingerprint density at radius 3 is 2.78 bits per heavy atom. The first kappa shape index (κ1) is 12.2. The number of hydrogen-bond acceptors (Lipinski definition) is 2. The lowest BCUT2D eigenvalue weighted by atomic mass is 9.90. The molecule has 1 aliphatic rings. The van der Waals surface area contributed by atoms with Crippen molar-refractivity contribution in [3.05, 3.63) is 39.2 Å². The monoisotopic (exact) mass is 277 g/mol. The molecule has 94 valence electrons. The number of thiazole rings is 1. The summed E-state index contributed by atoms with van der Waals surface area (Å²) < 4.78 is 0. The van der Waals surface area contributed by atoms with Crippen LogP contribution < -0.4 is 0 Å². The van der Waals surface area contributed by atoms with Gasteiger partial charge in [-0.25, -0.2) is 4.98 Å². The van der Waals surface area contributed by atoms with Gasteiger partial charge < -0.3 is 0 Å². The fourth-order valence-corrected chi connectivity index (χ4v) is 3.76. The van der Waals surface area contributed by atoms with E-state index in [1.165, 1.54) is 47.3 Å². The van der Waals surface area contributed by atoms with Gasteiger partial charge in [0.1, 0.15) is 0 Å². The number of halogens is 1. The summed E-state index contributed by atoms with van der Waals surface area (Å²) in [4.78, 5) is 5.82. The maximum Gasteiger partial charge on any atom is 0.0904 e. The van der Waals surface area contributed by atoms with Crippen LogP contribution in [0.4, 0.5) is 0 Å². The topological polar surface area (TPSA) is 12.9 Å². The summed E-state index contributed by atoms with van der Waals surface area (Å²) >= 11 is 7.71. The molecule has 0 saturated carbocycles. The van der Waals surface area contributed by atoms with Crippen molar-refractivity contribution in [2.24, 2.45) is 0 Å². The molecule has 2 aromatic rings. The van der Waals surface area contributed by atoms with Crippen molar-refractivity contribution in [2.75, 3.05) is 0 Å². The van der Waals surface area contributed by atoms with Crippen LogP contribution in [0.1, 0.15) is 33.9 Å². The number of benzene rings is 1. The second-order valence-corrected chi connectivity index (χ2v) is 6.38.